The summed E-state index contributed by atoms with van der Waals surface area (Å²) in [4.78, 5) is 32.0. The first kappa shape index (κ1) is 21.1. The second-order valence-corrected chi connectivity index (χ2v) is 11.2. The molecule has 1 aromatic heterocycles. The molecule has 0 saturated carbocycles. The molecule has 3 heterocycles. The van der Waals surface area contributed by atoms with Gasteiger partial charge in [-0.25, -0.2) is 13.4 Å². The number of aromatic nitrogens is 1. The smallest absolute Gasteiger partial charge is 0.263 e. The molecule has 11 heteroatoms. The number of thioether (sulfide) groups is 1. The molecule has 1 aromatic carbocycles. The number of piperidine rings is 1. The van der Waals surface area contributed by atoms with Crippen LogP contribution in [0.4, 0.5) is 10.8 Å². The van der Waals surface area contributed by atoms with Gasteiger partial charge >= 0.3 is 0 Å². The van der Waals surface area contributed by atoms with Gasteiger partial charge in [0.1, 0.15) is 0 Å². The first-order valence-electron chi connectivity index (χ1n) is 9.58. The van der Waals surface area contributed by atoms with Crippen molar-refractivity contribution in [3.8, 4) is 0 Å². The lowest BCUT2D eigenvalue weighted by atomic mass is 9.99. The minimum atomic E-state index is -3.84. The SMILES string of the molecule is Cc1csc(NS(=O)(=O)c2ccc3c(c2)NC(=O)[C@@H](C(=O)N2CCC(C)CC2)S3)n1. The number of fused-ring (bicyclic) bond motifs is 1. The monoisotopic (exact) mass is 466 g/mol. The number of likely N-dealkylation sites (tertiary alicyclic amines) is 1. The number of benzene rings is 1. The van der Waals surface area contributed by atoms with Gasteiger partial charge in [0, 0.05) is 23.4 Å². The number of rotatable bonds is 4. The molecule has 0 radical (unpaired) electrons. The summed E-state index contributed by atoms with van der Waals surface area (Å²) in [5.74, 6) is -0.0217. The molecule has 2 aliphatic rings. The predicted molar refractivity (Wildman–Crippen MR) is 117 cm³/mol. The highest BCUT2D eigenvalue weighted by atomic mass is 32.2. The average Bonchev–Trinajstić information content (AvgIpc) is 3.11. The Labute approximate surface area is 183 Å². The van der Waals surface area contributed by atoms with Crippen LogP contribution in [0.25, 0.3) is 0 Å². The number of carbonyl (C=O) groups is 2. The van der Waals surface area contributed by atoms with Crippen LogP contribution in [0.1, 0.15) is 25.5 Å². The van der Waals surface area contributed by atoms with Crippen LogP contribution >= 0.6 is 23.1 Å². The zero-order valence-electron chi connectivity index (χ0n) is 16.5. The lowest BCUT2D eigenvalue weighted by Gasteiger charge is -2.33. The van der Waals surface area contributed by atoms with Gasteiger partial charge in [-0.2, -0.15) is 0 Å². The second-order valence-electron chi connectivity index (χ2n) is 7.55. The van der Waals surface area contributed by atoms with Gasteiger partial charge in [0.15, 0.2) is 10.4 Å². The summed E-state index contributed by atoms with van der Waals surface area (Å²) in [6, 6.07) is 4.50. The van der Waals surface area contributed by atoms with E-state index in [4.69, 9.17) is 0 Å². The molecule has 0 aliphatic carbocycles. The van der Waals surface area contributed by atoms with Gasteiger partial charge in [0.05, 0.1) is 16.3 Å². The maximum absolute atomic E-state index is 12.8. The maximum atomic E-state index is 12.8. The van der Waals surface area contributed by atoms with Crippen molar-refractivity contribution in [2.75, 3.05) is 23.1 Å². The van der Waals surface area contributed by atoms with E-state index in [0.29, 0.717) is 29.6 Å². The van der Waals surface area contributed by atoms with E-state index >= 15 is 0 Å². The topological polar surface area (TPSA) is 108 Å². The number of amides is 2. The van der Waals surface area contributed by atoms with Crippen LogP contribution in [0.2, 0.25) is 0 Å². The number of nitrogens with one attached hydrogen (secondary N) is 2. The Morgan fingerprint density at radius 3 is 2.70 bits per heavy atom. The molecule has 2 amide bonds. The Morgan fingerprint density at radius 2 is 2.03 bits per heavy atom. The third-order valence-corrected chi connectivity index (χ3v) is 8.77. The lowest BCUT2D eigenvalue weighted by molar-refractivity contribution is -0.135. The summed E-state index contributed by atoms with van der Waals surface area (Å²) in [7, 11) is -3.84. The Morgan fingerprint density at radius 1 is 1.30 bits per heavy atom. The van der Waals surface area contributed by atoms with Crippen molar-refractivity contribution in [3.63, 3.8) is 0 Å². The third kappa shape index (κ3) is 4.33. The fourth-order valence-corrected chi connectivity index (χ4v) is 6.41. The minimum absolute atomic E-state index is 0.0183. The molecule has 2 aromatic rings. The molecule has 0 bridgehead atoms. The van der Waals surface area contributed by atoms with Crippen LogP contribution in [0.15, 0.2) is 33.4 Å². The molecule has 1 fully saturated rings. The van der Waals surface area contributed by atoms with E-state index in [2.05, 4.69) is 21.9 Å². The Bertz CT molecular complexity index is 1090. The van der Waals surface area contributed by atoms with Gasteiger partial charge in [-0.1, -0.05) is 6.92 Å². The lowest BCUT2D eigenvalue weighted by Crippen LogP contribution is -2.47. The van der Waals surface area contributed by atoms with Gasteiger partial charge in [-0.05, 0) is 43.9 Å². The van der Waals surface area contributed by atoms with E-state index in [1.165, 1.54) is 35.2 Å². The molecule has 30 heavy (non-hydrogen) atoms. The predicted octanol–water partition coefficient (Wildman–Crippen LogP) is 2.92. The average molecular weight is 467 g/mol. The van der Waals surface area contributed by atoms with Crippen molar-refractivity contribution >= 4 is 55.8 Å². The van der Waals surface area contributed by atoms with E-state index < -0.39 is 21.2 Å². The van der Waals surface area contributed by atoms with Crippen LogP contribution in [-0.2, 0) is 19.6 Å². The van der Waals surface area contributed by atoms with Crippen molar-refractivity contribution in [2.45, 2.75) is 41.7 Å². The van der Waals surface area contributed by atoms with E-state index in [1.54, 1.807) is 23.3 Å². The van der Waals surface area contributed by atoms with Gasteiger partial charge in [0.25, 0.3) is 10.0 Å². The summed E-state index contributed by atoms with van der Waals surface area (Å²) in [5, 5.41) is 3.88. The van der Waals surface area contributed by atoms with E-state index in [1.807, 2.05) is 0 Å². The standard InChI is InChI=1S/C19H22N4O4S3/c1-11-5-7-23(8-6-11)18(25)16-17(24)21-14-9-13(3-4-15(14)29-16)30(26,27)22-19-20-12(2)10-28-19/h3-4,9-11,16H,5-8H2,1-2H3,(H,20,22)(H,21,24)/t16-/m0/s1. The van der Waals surface area contributed by atoms with Gasteiger partial charge in [0.2, 0.25) is 11.8 Å². The molecule has 4 rings (SSSR count). The number of anilines is 2. The number of hydrogen-bond acceptors (Lipinski definition) is 7. The Kier molecular flexibility index (Phi) is 5.78. The normalized spacial score (nSPS) is 19.9. The molecular formula is C19H22N4O4S3. The highest BCUT2D eigenvalue weighted by Gasteiger charge is 2.37. The van der Waals surface area contributed by atoms with E-state index in [-0.39, 0.29) is 15.9 Å². The van der Waals surface area contributed by atoms with Gasteiger partial charge in [-0.15, -0.1) is 23.1 Å². The zero-order chi connectivity index (χ0) is 21.5. The second kappa shape index (κ2) is 8.20. The number of carbonyl (C=O) groups excluding carboxylic acids is 2. The van der Waals surface area contributed by atoms with Crippen molar-refractivity contribution in [1.82, 2.24) is 9.88 Å². The van der Waals surface area contributed by atoms with Crippen molar-refractivity contribution < 1.29 is 18.0 Å². The van der Waals surface area contributed by atoms with Crippen molar-refractivity contribution in [3.05, 3.63) is 29.3 Å². The highest BCUT2D eigenvalue weighted by molar-refractivity contribution is 8.01. The highest BCUT2D eigenvalue weighted by Crippen LogP contribution is 2.38. The number of sulfonamides is 1. The fraction of sp³-hybridized carbons (Fsp3) is 0.421. The third-order valence-electron chi connectivity index (χ3n) is 5.16. The summed E-state index contributed by atoms with van der Waals surface area (Å²) in [5.41, 5.74) is 1.12. The first-order valence-corrected chi connectivity index (χ1v) is 12.8. The Balaban J connectivity index is 1.51. The van der Waals surface area contributed by atoms with Gasteiger partial charge < -0.3 is 10.2 Å². The number of nitrogens with zero attached hydrogens (tertiary/aromatic N) is 2. The summed E-state index contributed by atoms with van der Waals surface area (Å²) in [6.07, 6.45) is 1.88. The zero-order valence-corrected chi connectivity index (χ0v) is 19.0. The van der Waals surface area contributed by atoms with E-state index in [0.717, 1.165) is 18.5 Å². The summed E-state index contributed by atoms with van der Waals surface area (Å²) in [6.45, 7) is 5.27. The van der Waals surface area contributed by atoms with Crippen LogP contribution in [0, 0.1) is 12.8 Å². The minimum Gasteiger partial charge on any atom is -0.341 e. The van der Waals surface area contributed by atoms with Crippen LogP contribution < -0.4 is 10.0 Å². The number of hydrogen-bond donors (Lipinski definition) is 2. The maximum Gasteiger partial charge on any atom is 0.263 e. The van der Waals surface area contributed by atoms with E-state index in [9.17, 15) is 18.0 Å². The molecule has 1 saturated heterocycles. The van der Waals surface area contributed by atoms with Crippen molar-refractivity contribution in [2.24, 2.45) is 5.92 Å². The molecule has 2 aliphatic heterocycles. The number of thiazole rings is 1. The number of aryl methyl sites for hydroxylation is 1. The van der Waals surface area contributed by atoms with Gasteiger partial charge in [-0.3, -0.25) is 14.3 Å². The Hall–Kier alpha value is -2.11. The molecule has 0 unspecified atom stereocenters. The van der Waals surface area contributed by atoms with Crippen LogP contribution in [0.5, 0.6) is 0 Å². The molecule has 0 spiro atoms. The molecular weight excluding hydrogens is 444 g/mol. The van der Waals surface area contributed by atoms with Crippen LogP contribution in [-0.4, -0.2) is 48.5 Å². The molecule has 160 valence electrons. The first-order chi connectivity index (χ1) is 14.2. The quantitative estimate of drug-likeness (QED) is 0.671. The van der Waals surface area contributed by atoms with Crippen LogP contribution in [0.3, 0.4) is 0 Å². The fourth-order valence-electron chi connectivity index (χ4n) is 3.39. The largest absolute Gasteiger partial charge is 0.341 e. The summed E-state index contributed by atoms with van der Waals surface area (Å²) < 4.78 is 27.8. The summed E-state index contributed by atoms with van der Waals surface area (Å²) >= 11 is 2.37. The van der Waals surface area contributed by atoms with Crippen molar-refractivity contribution in [1.29, 1.82) is 0 Å². The molecule has 2 N–H and O–H groups in total. The molecule has 8 nitrogen and oxygen atoms in total. The molecule has 1 atom stereocenters.